The van der Waals surface area contributed by atoms with Crippen molar-refractivity contribution < 1.29 is 17.9 Å². The summed E-state index contributed by atoms with van der Waals surface area (Å²) in [6.45, 7) is 3.35. The van der Waals surface area contributed by atoms with Gasteiger partial charge in [0, 0.05) is 37.0 Å². The highest BCUT2D eigenvalue weighted by molar-refractivity contribution is 7.09. The van der Waals surface area contributed by atoms with Gasteiger partial charge in [-0.3, -0.25) is 4.99 Å². The number of thiazole rings is 1. The van der Waals surface area contributed by atoms with Gasteiger partial charge in [-0.15, -0.1) is 11.3 Å². The molecule has 0 radical (unpaired) electrons. The number of hydrogen-bond acceptors (Lipinski definition) is 4. The summed E-state index contributed by atoms with van der Waals surface area (Å²) in [7, 11) is 1.60. The third-order valence-corrected chi connectivity index (χ3v) is 4.88. The van der Waals surface area contributed by atoms with Gasteiger partial charge in [0.05, 0.1) is 11.6 Å². The highest BCUT2D eigenvalue weighted by Crippen LogP contribution is 2.30. The average Bonchev–Trinajstić information content (AvgIpc) is 3.11. The summed E-state index contributed by atoms with van der Waals surface area (Å²) in [5.74, 6) is 0.555. The molecule has 1 atom stereocenters. The van der Waals surface area contributed by atoms with Gasteiger partial charge in [-0.1, -0.05) is 23.7 Å². The Labute approximate surface area is 171 Å². The minimum absolute atomic E-state index is 0.262. The molecule has 0 spiro atoms. The second kappa shape index (κ2) is 10.6. The van der Waals surface area contributed by atoms with Crippen molar-refractivity contribution in [3.8, 4) is 0 Å². The standard InChI is InChI=1S/C18H22ClF3N4OS/c1-3-23-17(24-8-7-16-26-15(11-28-16)18(20,21)22)25-10-14(27-2)12-5-4-6-13(19)9-12/h4-6,9,11,14H,3,7-8,10H2,1-2H3,(H2,23,24,25). The second-order valence-electron chi connectivity index (χ2n) is 5.80. The van der Waals surface area contributed by atoms with Crippen LogP contribution in [0.4, 0.5) is 13.2 Å². The molecule has 0 amide bonds. The van der Waals surface area contributed by atoms with Crippen LogP contribution in [0, 0.1) is 0 Å². The first-order valence-corrected chi connectivity index (χ1v) is 9.91. The van der Waals surface area contributed by atoms with Gasteiger partial charge in [-0.05, 0) is 24.6 Å². The SMILES string of the molecule is CCNC(=NCC(OC)c1cccc(Cl)c1)NCCc1nc(C(F)(F)F)cs1. The predicted octanol–water partition coefficient (Wildman–Crippen LogP) is 4.30. The highest BCUT2D eigenvalue weighted by Gasteiger charge is 2.33. The van der Waals surface area contributed by atoms with Crippen molar-refractivity contribution >= 4 is 28.9 Å². The first-order chi connectivity index (χ1) is 13.3. The molecule has 1 heterocycles. The van der Waals surface area contributed by atoms with E-state index in [4.69, 9.17) is 16.3 Å². The molecule has 28 heavy (non-hydrogen) atoms. The number of guanidine groups is 1. The van der Waals surface area contributed by atoms with Gasteiger partial charge in [-0.2, -0.15) is 13.2 Å². The Kier molecular flexibility index (Phi) is 8.53. The summed E-state index contributed by atoms with van der Waals surface area (Å²) < 4.78 is 43.3. The smallest absolute Gasteiger partial charge is 0.375 e. The van der Waals surface area contributed by atoms with Crippen LogP contribution < -0.4 is 10.6 Å². The number of ether oxygens (including phenoxy) is 1. The van der Waals surface area contributed by atoms with Crippen molar-refractivity contribution in [2.45, 2.75) is 25.6 Å². The van der Waals surface area contributed by atoms with Crippen LogP contribution in [-0.4, -0.2) is 37.7 Å². The summed E-state index contributed by atoms with van der Waals surface area (Å²) in [6.07, 6.45) is -4.30. The van der Waals surface area contributed by atoms with E-state index in [2.05, 4.69) is 20.6 Å². The maximum absolute atomic E-state index is 12.6. The van der Waals surface area contributed by atoms with Gasteiger partial charge >= 0.3 is 6.18 Å². The van der Waals surface area contributed by atoms with E-state index in [0.29, 0.717) is 42.0 Å². The third-order valence-electron chi connectivity index (χ3n) is 3.74. The van der Waals surface area contributed by atoms with Crippen LogP contribution in [0.5, 0.6) is 0 Å². The Morgan fingerprint density at radius 3 is 2.75 bits per heavy atom. The number of hydrogen-bond donors (Lipinski definition) is 2. The van der Waals surface area contributed by atoms with E-state index in [1.165, 1.54) is 0 Å². The summed E-state index contributed by atoms with van der Waals surface area (Å²) in [4.78, 5) is 8.12. The Morgan fingerprint density at radius 2 is 2.14 bits per heavy atom. The summed E-state index contributed by atoms with van der Waals surface area (Å²) in [5, 5.41) is 8.27. The van der Waals surface area contributed by atoms with E-state index in [-0.39, 0.29) is 6.10 Å². The molecule has 0 aliphatic carbocycles. The van der Waals surface area contributed by atoms with Crippen LogP contribution in [0.15, 0.2) is 34.6 Å². The van der Waals surface area contributed by atoms with E-state index < -0.39 is 11.9 Å². The molecule has 2 rings (SSSR count). The first-order valence-electron chi connectivity index (χ1n) is 8.65. The molecule has 154 valence electrons. The summed E-state index contributed by atoms with van der Waals surface area (Å²) >= 11 is 7.02. The van der Waals surface area contributed by atoms with E-state index in [9.17, 15) is 13.2 Å². The highest BCUT2D eigenvalue weighted by atomic mass is 35.5. The second-order valence-corrected chi connectivity index (χ2v) is 7.18. The van der Waals surface area contributed by atoms with Crippen LogP contribution in [0.25, 0.3) is 0 Å². The average molecular weight is 435 g/mol. The normalized spacial score (nSPS) is 13.4. The Balaban J connectivity index is 1.93. The van der Waals surface area contributed by atoms with Gasteiger partial charge in [0.2, 0.25) is 0 Å². The van der Waals surface area contributed by atoms with Gasteiger partial charge in [-0.25, -0.2) is 4.98 Å². The fraction of sp³-hybridized carbons (Fsp3) is 0.444. The molecule has 0 aliphatic heterocycles. The van der Waals surface area contributed by atoms with Gasteiger partial charge in [0.15, 0.2) is 11.7 Å². The molecular weight excluding hydrogens is 413 g/mol. The number of aliphatic imine (C=N–C) groups is 1. The van der Waals surface area contributed by atoms with Crippen LogP contribution in [-0.2, 0) is 17.3 Å². The zero-order valence-electron chi connectivity index (χ0n) is 15.5. The number of nitrogens with zero attached hydrogens (tertiary/aromatic N) is 2. The Bertz CT molecular complexity index is 782. The number of nitrogens with one attached hydrogen (secondary N) is 2. The summed E-state index contributed by atoms with van der Waals surface area (Å²) in [5.41, 5.74) is 0.0644. The topological polar surface area (TPSA) is 58.5 Å². The molecule has 0 bridgehead atoms. The van der Waals surface area contributed by atoms with E-state index in [1.54, 1.807) is 13.2 Å². The van der Waals surface area contributed by atoms with Crippen molar-refractivity contribution in [3.63, 3.8) is 0 Å². The van der Waals surface area contributed by atoms with Crippen molar-refractivity contribution in [3.05, 3.63) is 50.9 Å². The Hall–Kier alpha value is -1.84. The Morgan fingerprint density at radius 1 is 1.36 bits per heavy atom. The predicted molar refractivity (Wildman–Crippen MR) is 106 cm³/mol. The van der Waals surface area contributed by atoms with Crippen molar-refractivity contribution in [1.29, 1.82) is 0 Å². The number of benzene rings is 1. The fourth-order valence-electron chi connectivity index (χ4n) is 2.38. The zero-order chi connectivity index (χ0) is 20.6. The van der Waals surface area contributed by atoms with Crippen LogP contribution in [0.3, 0.4) is 0 Å². The lowest BCUT2D eigenvalue weighted by molar-refractivity contribution is -0.140. The maximum Gasteiger partial charge on any atom is 0.434 e. The molecule has 0 saturated carbocycles. The van der Waals surface area contributed by atoms with E-state index in [0.717, 1.165) is 22.3 Å². The van der Waals surface area contributed by atoms with Crippen LogP contribution in [0.1, 0.15) is 29.3 Å². The van der Waals surface area contributed by atoms with Crippen molar-refractivity contribution in [2.75, 3.05) is 26.7 Å². The van der Waals surface area contributed by atoms with Crippen molar-refractivity contribution in [2.24, 2.45) is 4.99 Å². The largest absolute Gasteiger partial charge is 0.434 e. The van der Waals surface area contributed by atoms with Crippen molar-refractivity contribution in [1.82, 2.24) is 15.6 Å². The van der Waals surface area contributed by atoms with E-state index >= 15 is 0 Å². The fourth-order valence-corrected chi connectivity index (χ4v) is 3.39. The van der Waals surface area contributed by atoms with Crippen LogP contribution in [0.2, 0.25) is 5.02 Å². The molecule has 2 N–H and O–H groups in total. The number of alkyl halides is 3. The third kappa shape index (κ3) is 6.96. The number of rotatable bonds is 8. The maximum atomic E-state index is 12.6. The zero-order valence-corrected chi connectivity index (χ0v) is 17.1. The van der Waals surface area contributed by atoms with E-state index in [1.807, 2.05) is 25.1 Å². The molecule has 2 aromatic rings. The van der Waals surface area contributed by atoms with Crippen LogP contribution >= 0.6 is 22.9 Å². The quantitative estimate of drug-likeness (QED) is 0.480. The lowest BCUT2D eigenvalue weighted by Gasteiger charge is -2.16. The molecule has 0 aliphatic rings. The number of halogens is 4. The summed E-state index contributed by atoms with van der Waals surface area (Å²) in [6, 6.07) is 7.37. The molecule has 0 saturated heterocycles. The number of aromatic nitrogens is 1. The minimum Gasteiger partial charge on any atom is -0.375 e. The molecule has 1 unspecified atom stereocenters. The molecule has 1 aromatic carbocycles. The number of methoxy groups -OCH3 is 1. The molecule has 0 fully saturated rings. The lowest BCUT2D eigenvalue weighted by atomic mass is 10.1. The van der Waals surface area contributed by atoms with Gasteiger partial charge < -0.3 is 15.4 Å². The lowest BCUT2D eigenvalue weighted by Crippen LogP contribution is -2.38. The monoisotopic (exact) mass is 434 g/mol. The first kappa shape index (κ1) is 22.4. The minimum atomic E-state index is -4.41. The molecular formula is C18H22ClF3N4OS. The molecule has 10 heteroatoms. The molecule has 1 aromatic heterocycles. The van der Waals surface area contributed by atoms with Gasteiger partial charge in [0.25, 0.3) is 0 Å². The van der Waals surface area contributed by atoms with Gasteiger partial charge in [0.1, 0.15) is 6.10 Å². The molecule has 5 nitrogen and oxygen atoms in total.